The minimum Gasteiger partial charge on any atom is -0.494 e. The lowest BCUT2D eigenvalue weighted by molar-refractivity contribution is -0.134. The van der Waals surface area contributed by atoms with E-state index >= 15 is 0 Å². The fourth-order valence-corrected chi connectivity index (χ4v) is 3.77. The molecular weight excluding hydrogens is 362 g/mol. The normalized spacial score (nSPS) is 16.8. The van der Waals surface area contributed by atoms with Crippen LogP contribution in [-0.2, 0) is 17.8 Å². The van der Waals surface area contributed by atoms with Gasteiger partial charge < -0.3 is 15.0 Å². The zero-order chi connectivity index (χ0) is 20.3. The largest absolute Gasteiger partial charge is 0.494 e. The van der Waals surface area contributed by atoms with E-state index < -0.39 is 0 Å². The van der Waals surface area contributed by atoms with E-state index in [9.17, 15) is 4.79 Å². The van der Waals surface area contributed by atoms with Crippen LogP contribution < -0.4 is 10.1 Å². The topological polar surface area (TPSA) is 54.5 Å². The predicted octanol–water partition coefficient (Wildman–Crippen LogP) is 3.97. The summed E-state index contributed by atoms with van der Waals surface area (Å²) in [5.74, 6) is 1.11. The van der Waals surface area contributed by atoms with Crippen molar-refractivity contribution in [3.05, 3.63) is 59.9 Å². The summed E-state index contributed by atoms with van der Waals surface area (Å²) >= 11 is 0. The third kappa shape index (κ3) is 6.86. The molecule has 1 atom stereocenters. The van der Waals surface area contributed by atoms with Gasteiger partial charge in [0.25, 0.3) is 0 Å². The molecule has 1 unspecified atom stereocenters. The van der Waals surface area contributed by atoms with E-state index in [2.05, 4.69) is 34.3 Å². The highest BCUT2D eigenvalue weighted by Crippen LogP contribution is 2.19. The first-order valence-electron chi connectivity index (χ1n) is 10.9. The van der Waals surface area contributed by atoms with Crippen molar-refractivity contribution < 1.29 is 9.53 Å². The first-order chi connectivity index (χ1) is 14.3. The summed E-state index contributed by atoms with van der Waals surface area (Å²) in [6, 6.07) is 14.3. The van der Waals surface area contributed by atoms with E-state index in [1.54, 1.807) is 6.20 Å². The van der Waals surface area contributed by atoms with Gasteiger partial charge in [-0.1, -0.05) is 25.1 Å². The van der Waals surface area contributed by atoms with Gasteiger partial charge in [0.1, 0.15) is 5.75 Å². The Labute approximate surface area is 174 Å². The minimum absolute atomic E-state index is 0.217. The number of nitrogens with zero attached hydrogens (tertiary/aromatic N) is 2. The van der Waals surface area contributed by atoms with Crippen LogP contribution in [0.1, 0.15) is 50.3 Å². The summed E-state index contributed by atoms with van der Waals surface area (Å²) in [5.41, 5.74) is 2.12. The van der Waals surface area contributed by atoms with E-state index in [1.807, 2.05) is 30.3 Å². The molecule has 3 rings (SSSR count). The molecule has 0 spiro atoms. The molecule has 1 fully saturated rings. The van der Waals surface area contributed by atoms with Crippen molar-refractivity contribution in [2.75, 3.05) is 19.7 Å². The molecule has 1 aliphatic heterocycles. The number of ether oxygens (including phenoxy) is 1. The Bertz CT molecular complexity index is 726. The van der Waals surface area contributed by atoms with Crippen molar-refractivity contribution in [3.63, 3.8) is 0 Å². The second kappa shape index (κ2) is 11.6. The lowest BCUT2D eigenvalue weighted by Crippen LogP contribution is -2.40. The van der Waals surface area contributed by atoms with E-state index in [4.69, 9.17) is 4.74 Å². The summed E-state index contributed by atoms with van der Waals surface area (Å²) in [4.78, 5) is 19.7. The third-order valence-electron chi connectivity index (χ3n) is 5.39. The van der Waals surface area contributed by atoms with Crippen molar-refractivity contribution in [1.29, 1.82) is 0 Å². The lowest BCUT2D eigenvalue weighted by Gasteiger charge is -2.31. The molecule has 0 bridgehead atoms. The Kier molecular flexibility index (Phi) is 8.50. The Balaban J connectivity index is 1.62. The van der Waals surface area contributed by atoms with Gasteiger partial charge in [-0.2, -0.15) is 0 Å². The first kappa shape index (κ1) is 21.3. The van der Waals surface area contributed by atoms with Crippen molar-refractivity contribution >= 4 is 5.91 Å². The summed E-state index contributed by atoms with van der Waals surface area (Å²) < 4.78 is 5.64. The summed E-state index contributed by atoms with van der Waals surface area (Å²) in [6.45, 7) is 5.43. The molecule has 0 saturated carbocycles. The van der Waals surface area contributed by atoms with Crippen molar-refractivity contribution in [3.8, 4) is 5.75 Å². The number of carbonyl (C=O) groups is 1. The molecule has 0 radical (unpaired) electrons. The highest BCUT2D eigenvalue weighted by atomic mass is 16.5. The number of aryl methyl sites for hydroxylation is 1. The van der Waals surface area contributed by atoms with E-state index in [0.717, 1.165) is 63.2 Å². The highest BCUT2D eigenvalue weighted by Gasteiger charge is 2.24. The van der Waals surface area contributed by atoms with Crippen molar-refractivity contribution in [2.24, 2.45) is 0 Å². The van der Waals surface area contributed by atoms with Crippen molar-refractivity contribution in [2.45, 2.75) is 58.0 Å². The quantitative estimate of drug-likeness (QED) is 0.698. The van der Waals surface area contributed by atoms with Crippen LogP contribution in [0, 0.1) is 0 Å². The molecule has 5 heteroatoms. The zero-order valence-corrected chi connectivity index (χ0v) is 17.5. The number of aromatic nitrogens is 1. The van der Waals surface area contributed by atoms with Crippen LogP contribution in [0.2, 0.25) is 0 Å². The number of benzene rings is 1. The van der Waals surface area contributed by atoms with Crippen LogP contribution in [-0.4, -0.2) is 41.5 Å². The van der Waals surface area contributed by atoms with Gasteiger partial charge in [0.15, 0.2) is 0 Å². The molecule has 2 aromatic rings. The minimum atomic E-state index is 0.217. The van der Waals surface area contributed by atoms with Crippen LogP contribution in [0.3, 0.4) is 0 Å². The van der Waals surface area contributed by atoms with Gasteiger partial charge in [-0.15, -0.1) is 0 Å². The van der Waals surface area contributed by atoms with Gasteiger partial charge in [-0.05, 0) is 75.0 Å². The van der Waals surface area contributed by atoms with Crippen LogP contribution in [0.5, 0.6) is 5.75 Å². The number of hydrogen-bond donors (Lipinski definition) is 1. The Hall–Kier alpha value is -2.40. The Morgan fingerprint density at radius 3 is 2.79 bits per heavy atom. The SMILES string of the molecule is CCCOc1ccc(CCC(=O)N(Cc2ccccn2)C2CCCNCC2)cc1. The van der Waals surface area contributed by atoms with Gasteiger partial charge in [-0.25, -0.2) is 0 Å². The number of nitrogens with one attached hydrogen (secondary N) is 1. The van der Waals surface area contributed by atoms with Crippen molar-refractivity contribution in [1.82, 2.24) is 15.2 Å². The molecule has 1 aromatic heterocycles. The number of carbonyl (C=O) groups excluding carboxylic acids is 1. The zero-order valence-electron chi connectivity index (χ0n) is 17.5. The van der Waals surface area contributed by atoms with Gasteiger partial charge in [0, 0.05) is 18.7 Å². The smallest absolute Gasteiger partial charge is 0.223 e. The van der Waals surface area contributed by atoms with Crippen LogP contribution in [0.4, 0.5) is 0 Å². The predicted molar refractivity (Wildman–Crippen MR) is 116 cm³/mol. The number of hydrogen-bond acceptors (Lipinski definition) is 4. The molecule has 1 amide bonds. The Morgan fingerprint density at radius 1 is 1.17 bits per heavy atom. The summed E-state index contributed by atoms with van der Waals surface area (Å²) in [5, 5.41) is 3.45. The standard InChI is InChI=1S/C24H33N3O2/c1-2-18-29-23-11-8-20(9-12-23)10-13-24(28)27(19-21-6-3-4-16-26-21)22-7-5-15-25-17-14-22/h3-4,6,8-9,11-12,16,22,25H,2,5,7,10,13-15,17-19H2,1H3. The summed E-state index contributed by atoms with van der Waals surface area (Å²) in [6.07, 6.45) is 7.23. The monoisotopic (exact) mass is 395 g/mol. The second-order valence-corrected chi connectivity index (χ2v) is 7.67. The van der Waals surface area contributed by atoms with Gasteiger partial charge in [0.2, 0.25) is 5.91 Å². The number of pyridine rings is 1. The molecule has 1 N–H and O–H groups in total. The van der Waals surface area contributed by atoms with E-state index in [1.165, 1.54) is 5.56 Å². The molecule has 29 heavy (non-hydrogen) atoms. The molecule has 156 valence electrons. The fraction of sp³-hybridized carbons (Fsp3) is 0.500. The van der Waals surface area contributed by atoms with Crippen LogP contribution in [0.25, 0.3) is 0 Å². The van der Waals surface area contributed by atoms with Gasteiger partial charge >= 0.3 is 0 Å². The molecule has 1 saturated heterocycles. The van der Waals surface area contributed by atoms with Gasteiger partial charge in [0.05, 0.1) is 18.8 Å². The maximum Gasteiger partial charge on any atom is 0.223 e. The average Bonchev–Trinajstić information content (AvgIpc) is 3.05. The molecule has 1 aliphatic rings. The molecule has 5 nitrogen and oxygen atoms in total. The molecule has 2 heterocycles. The summed E-state index contributed by atoms with van der Waals surface area (Å²) in [7, 11) is 0. The maximum atomic E-state index is 13.2. The van der Waals surface area contributed by atoms with E-state index in [-0.39, 0.29) is 11.9 Å². The number of rotatable bonds is 9. The van der Waals surface area contributed by atoms with E-state index in [0.29, 0.717) is 13.0 Å². The Morgan fingerprint density at radius 2 is 2.03 bits per heavy atom. The molecular formula is C24H33N3O2. The average molecular weight is 396 g/mol. The fourth-order valence-electron chi connectivity index (χ4n) is 3.77. The third-order valence-corrected chi connectivity index (χ3v) is 5.39. The second-order valence-electron chi connectivity index (χ2n) is 7.67. The maximum absolute atomic E-state index is 13.2. The molecule has 1 aromatic carbocycles. The molecule has 0 aliphatic carbocycles. The highest BCUT2D eigenvalue weighted by molar-refractivity contribution is 5.76. The number of amides is 1. The first-order valence-corrected chi connectivity index (χ1v) is 10.9. The van der Waals surface area contributed by atoms with Crippen LogP contribution >= 0.6 is 0 Å². The van der Waals surface area contributed by atoms with Crippen LogP contribution in [0.15, 0.2) is 48.7 Å². The lowest BCUT2D eigenvalue weighted by atomic mass is 10.0. The van der Waals surface area contributed by atoms with Gasteiger partial charge in [-0.3, -0.25) is 9.78 Å².